The summed E-state index contributed by atoms with van der Waals surface area (Å²) in [5.74, 6) is -0.481. The van der Waals surface area contributed by atoms with E-state index in [4.69, 9.17) is 5.11 Å². The number of hydrogen-bond donors (Lipinski definition) is 1. The van der Waals surface area contributed by atoms with E-state index in [9.17, 15) is 9.18 Å². The maximum Gasteiger partial charge on any atom is 0.437 e. The molecule has 12 heavy (non-hydrogen) atoms. The molecule has 68 valence electrons. The fraction of sp³-hybridized carbons (Fsp3) is 0.667. The Bertz CT molecular complexity index is 306. The Balaban J connectivity index is 2.75. The number of aliphatic hydroxyl groups is 1. The van der Waals surface area contributed by atoms with Gasteiger partial charge in [0, 0.05) is 6.92 Å². The van der Waals surface area contributed by atoms with Gasteiger partial charge in [-0.3, -0.25) is 0 Å². The predicted octanol–water partition coefficient (Wildman–Crippen LogP) is -0.525. The summed E-state index contributed by atoms with van der Waals surface area (Å²) < 4.78 is 17.2. The molecule has 0 radical (unpaired) electrons. The maximum absolute atomic E-state index is 11.8. The summed E-state index contributed by atoms with van der Waals surface area (Å²) in [4.78, 5) is 10.8. The minimum absolute atomic E-state index is 0.174. The summed E-state index contributed by atoms with van der Waals surface area (Å²) >= 11 is 0. The monoisotopic (exact) mass is 176 g/mol. The molecule has 1 unspecified atom stereocenters. The van der Waals surface area contributed by atoms with Gasteiger partial charge in [-0.2, -0.15) is 4.68 Å². The molecule has 0 bridgehead atoms. The highest BCUT2D eigenvalue weighted by Gasteiger charge is 2.09. The first kappa shape index (κ1) is 8.92. The van der Waals surface area contributed by atoms with Crippen molar-refractivity contribution in [1.29, 1.82) is 0 Å². The van der Waals surface area contributed by atoms with Crippen LogP contribution in [0, 0.1) is 6.92 Å². The predicted molar refractivity (Wildman–Crippen MR) is 37.5 cm³/mol. The van der Waals surface area contributed by atoms with Crippen LogP contribution in [0.15, 0.2) is 9.21 Å². The third-order valence-electron chi connectivity index (χ3n) is 1.27. The van der Waals surface area contributed by atoms with Crippen molar-refractivity contribution in [2.75, 3.05) is 6.67 Å². The van der Waals surface area contributed by atoms with Gasteiger partial charge in [-0.25, -0.2) is 9.18 Å². The van der Waals surface area contributed by atoms with Crippen molar-refractivity contribution in [3.05, 3.63) is 16.4 Å². The van der Waals surface area contributed by atoms with Crippen LogP contribution in [0.2, 0.25) is 0 Å². The molecule has 0 aliphatic heterocycles. The van der Waals surface area contributed by atoms with Crippen LogP contribution in [0.25, 0.3) is 0 Å². The van der Waals surface area contributed by atoms with Gasteiger partial charge < -0.3 is 9.52 Å². The van der Waals surface area contributed by atoms with E-state index in [0.29, 0.717) is 0 Å². The SMILES string of the molecule is Cc1nn(CC(O)CF)c(=O)o1. The number of alkyl halides is 1. The molecule has 1 aromatic heterocycles. The summed E-state index contributed by atoms with van der Waals surface area (Å²) in [6.45, 7) is 0.421. The first-order valence-electron chi connectivity index (χ1n) is 3.42. The van der Waals surface area contributed by atoms with Crippen LogP contribution in [0.3, 0.4) is 0 Å². The number of aliphatic hydroxyl groups excluding tert-OH is 1. The Morgan fingerprint density at radius 3 is 2.92 bits per heavy atom. The molecule has 1 aromatic rings. The van der Waals surface area contributed by atoms with Gasteiger partial charge in [0.25, 0.3) is 0 Å². The first-order chi connectivity index (χ1) is 5.63. The van der Waals surface area contributed by atoms with Gasteiger partial charge in [-0.1, -0.05) is 0 Å². The number of aromatic nitrogens is 2. The molecule has 0 aliphatic rings. The molecular formula is C6H9FN2O3. The molecule has 1 heterocycles. The molecule has 5 nitrogen and oxygen atoms in total. The summed E-state index contributed by atoms with van der Waals surface area (Å²) in [6.07, 6.45) is -1.20. The number of nitrogens with zero attached hydrogens (tertiary/aromatic N) is 2. The van der Waals surface area contributed by atoms with E-state index < -0.39 is 18.5 Å². The summed E-state index contributed by atoms with van der Waals surface area (Å²) in [5, 5.41) is 12.4. The normalized spacial score (nSPS) is 13.2. The Kier molecular flexibility index (Phi) is 2.59. The van der Waals surface area contributed by atoms with E-state index in [1.54, 1.807) is 0 Å². The molecule has 0 saturated heterocycles. The zero-order valence-corrected chi connectivity index (χ0v) is 6.53. The first-order valence-corrected chi connectivity index (χ1v) is 3.42. The molecule has 0 saturated carbocycles. The quantitative estimate of drug-likeness (QED) is 0.672. The van der Waals surface area contributed by atoms with Gasteiger partial charge in [0.15, 0.2) is 0 Å². The van der Waals surface area contributed by atoms with Crippen LogP contribution >= 0.6 is 0 Å². The smallest absolute Gasteiger partial charge is 0.393 e. The van der Waals surface area contributed by atoms with Gasteiger partial charge in [0.1, 0.15) is 12.8 Å². The van der Waals surface area contributed by atoms with Crippen molar-refractivity contribution in [3.8, 4) is 0 Å². The van der Waals surface area contributed by atoms with Crippen molar-refractivity contribution < 1.29 is 13.9 Å². The average Bonchev–Trinajstić information content (AvgIpc) is 2.30. The number of hydrogen-bond acceptors (Lipinski definition) is 4. The zero-order valence-electron chi connectivity index (χ0n) is 6.53. The molecule has 0 aliphatic carbocycles. The van der Waals surface area contributed by atoms with E-state index in [0.717, 1.165) is 4.68 Å². The average molecular weight is 176 g/mol. The standard InChI is InChI=1S/C6H9FN2O3/c1-4-8-9(6(11)12-4)3-5(10)2-7/h5,10H,2-3H2,1H3. The Hall–Kier alpha value is -1.17. The van der Waals surface area contributed by atoms with Crippen molar-refractivity contribution >= 4 is 0 Å². The van der Waals surface area contributed by atoms with E-state index >= 15 is 0 Å². The lowest BCUT2D eigenvalue weighted by Crippen LogP contribution is -2.25. The lowest BCUT2D eigenvalue weighted by molar-refractivity contribution is 0.116. The molecule has 1 atom stereocenters. The summed E-state index contributed by atoms with van der Waals surface area (Å²) in [6, 6.07) is 0. The highest BCUT2D eigenvalue weighted by molar-refractivity contribution is 4.68. The highest BCUT2D eigenvalue weighted by atomic mass is 19.1. The summed E-state index contributed by atoms with van der Waals surface area (Å²) in [5.41, 5.74) is 0. The number of rotatable bonds is 3. The Labute approximate surface area is 67.4 Å². The van der Waals surface area contributed by atoms with Crippen LogP contribution in [0.4, 0.5) is 4.39 Å². The van der Waals surface area contributed by atoms with Crippen molar-refractivity contribution in [3.63, 3.8) is 0 Å². The minimum Gasteiger partial charge on any atom is -0.393 e. The maximum atomic E-state index is 11.8. The molecular weight excluding hydrogens is 167 g/mol. The summed E-state index contributed by atoms with van der Waals surface area (Å²) in [7, 11) is 0. The molecule has 0 fully saturated rings. The highest BCUT2D eigenvalue weighted by Crippen LogP contribution is 1.90. The van der Waals surface area contributed by atoms with Crippen LogP contribution in [-0.4, -0.2) is 27.7 Å². The second-order valence-corrected chi connectivity index (χ2v) is 2.38. The molecule has 0 aromatic carbocycles. The van der Waals surface area contributed by atoms with Crippen molar-refractivity contribution in [2.24, 2.45) is 0 Å². The van der Waals surface area contributed by atoms with Gasteiger partial charge in [-0.15, -0.1) is 5.10 Å². The van der Waals surface area contributed by atoms with Crippen LogP contribution in [-0.2, 0) is 6.54 Å². The fourth-order valence-corrected chi connectivity index (χ4v) is 0.774. The van der Waals surface area contributed by atoms with E-state index in [-0.39, 0.29) is 12.4 Å². The molecule has 0 amide bonds. The van der Waals surface area contributed by atoms with Gasteiger partial charge in [0.2, 0.25) is 5.89 Å². The van der Waals surface area contributed by atoms with E-state index in [2.05, 4.69) is 9.52 Å². The van der Waals surface area contributed by atoms with Crippen molar-refractivity contribution in [2.45, 2.75) is 19.6 Å². The molecule has 1 N–H and O–H groups in total. The number of halogens is 1. The van der Waals surface area contributed by atoms with E-state index in [1.165, 1.54) is 6.92 Å². The Morgan fingerprint density at radius 1 is 1.83 bits per heavy atom. The van der Waals surface area contributed by atoms with Gasteiger partial charge >= 0.3 is 5.76 Å². The second-order valence-electron chi connectivity index (χ2n) is 2.38. The molecule has 0 spiro atoms. The van der Waals surface area contributed by atoms with Crippen LogP contribution in [0.5, 0.6) is 0 Å². The van der Waals surface area contributed by atoms with Crippen LogP contribution in [0.1, 0.15) is 5.89 Å². The van der Waals surface area contributed by atoms with E-state index in [1.807, 2.05) is 0 Å². The van der Waals surface area contributed by atoms with Crippen LogP contribution < -0.4 is 5.76 Å². The van der Waals surface area contributed by atoms with Gasteiger partial charge in [-0.05, 0) is 0 Å². The number of aryl methyl sites for hydroxylation is 1. The fourth-order valence-electron chi connectivity index (χ4n) is 0.774. The Morgan fingerprint density at radius 2 is 2.50 bits per heavy atom. The van der Waals surface area contributed by atoms with Gasteiger partial charge in [0.05, 0.1) is 6.54 Å². The van der Waals surface area contributed by atoms with Crippen molar-refractivity contribution in [1.82, 2.24) is 9.78 Å². The topological polar surface area (TPSA) is 68.3 Å². The zero-order chi connectivity index (χ0) is 9.14. The largest absolute Gasteiger partial charge is 0.437 e. The third kappa shape index (κ3) is 1.91. The molecule has 6 heteroatoms. The minimum atomic E-state index is -1.20. The molecule has 1 rings (SSSR count). The lowest BCUT2D eigenvalue weighted by atomic mass is 10.4. The second kappa shape index (κ2) is 3.48. The third-order valence-corrected chi connectivity index (χ3v) is 1.27. The lowest BCUT2D eigenvalue weighted by Gasteiger charge is -2.02.